The maximum absolute atomic E-state index is 13.2. The lowest BCUT2D eigenvalue weighted by Crippen LogP contribution is -2.37. The Labute approximate surface area is 117 Å². The first kappa shape index (κ1) is 14.0. The quantitative estimate of drug-likeness (QED) is 0.827. The van der Waals surface area contributed by atoms with E-state index in [-0.39, 0.29) is 5.82 Å². The number of likely N-dealkylation sites (N-methyl/N-ethyl adjacent to an activating group) is 1. The van der Waals surface area contributed by atoms with Crippen LogP contribution in [0.3, 0.4) is 0 Å². The minimum Gasteiger partial charge on any atom is -0.305 e. The van der Waals surface area contributed by atoms with Gasteiger partial charge in [0, 0.05) is 25.7 Å². The van der Waals surface area contributed by atoms with E-state index in [0.717, 1.165) is 26.2 Å². The first-order valence-corrected chi connectivity index (χ1v) is 7.22. The zero-order valence-corrected chi connectivity index (χ0v) is 12.6. The third-order valence-corrected chi connectivity index (χ3v) is 4.16. The molecular formula is C14H20BrFN2. The summed E-state index contributed by atoms with van der Waals surface area (Å²) in [5.41, 5.74) is 1.17. The SMILES string of the molecule is CC1CN(C)CCCN1Cc1ccc(F)c(Br)c1. The van der Waals surface area contributed by atoms with Gasteiger partial charge in [-0.05, 0) is 60.6 Å². The summed E-state index contributed by atoms with van der Waals surface area (Å²) in [6, 6.07) is 5.84. The molecule has 1 aliphatic heterocycles. The second-order valence-corrected chi connectivity index (χ2v) is 6.04. The van der Waals surface area contributed by atoms with Gasteiger partial charge in [0.05, 0.1) is 4.47 Å². The van der Waals surface area contributed by atoms with Crippen LogP contribution in [0.5, 0.6) is 0 Å². The molecule has 2 nitrogen and oxygen atoms in total. The normalized spacial score (nSPS) is 23.0. The first-order valence-electron chi connectivity index (χ1n) is 6.43. The molecular weight excluding hydrogens is 295 g/mol. The Morgan fingerprint density at radius 3 is 2.89 bits per heavy atom. The molecule has 1 fully saturated rings. The maximum Gasteiger partial charge on any atom is 0.137 e. The van der Waals surface area contributed by atoms with Crippen LogP contribution < -0.4 is 0 Å². The smallest absolute Gasteiger partial charge is 0.137 e. The Balaban J connectivity index is 2.05. The Kier molecular flexibility index (Phi) is 4.76. The van der Waals surface area contributed by atoms with Crippen LogP contribution in [0.15, 0.2) is 22.7 Å². The van der Waals surface area contributed by atoms with E-state index in [1.165, 1.54) is 18.1 Å². The fraction of sp³-hybridized carbons (Fsp3) is 0.571. The first-order chi connectivity index (χ1) is 8.56. The standard InChI is InChI=1S/C14H20BrFN2/c1-11-9-17(2)6-3-7-18(11)10-12-4-5-14(16)13(15)8-12/h4-5,8,11H,3,6-7,9-10H2,1-2H3. The van der Waals surface area contributed by atoms with Crippen LogP contribution in [0, 0.1) is 5.82 Å². The molecule has 1 heterocycles. The van der Waals surface area contributed by atoms with E-state index < -0.39 is 0 Å². The number of hydrogen-bond donors (Lipinski definition) is 0. The van der Waals surface area contributed by atoms with Gasteiger partial charge < -0.3 is 4.90 Å². The summed E-state index contributed by atoms with van der Waals surface area (Å²) in [6.45, 7) is 6.53. The minimum absolute atomic E-state index is 0.192. The zero-order chi connectivity index (χ0) is 13.1. The van der Waals surface area contributed by atoms with Gasteiger partial charge in [-0.2, -0.15) is 0 Å². The van der Waals surface area contributed by atoms with Crippen molar-refractivity contribution in [3.63, 3.8) is 0 Å². The highest BCUT2D eigenvalue weighted by Crippen LogP contribution is 2.19. The number of rotatable bonds is 2. The summed E-state index contributed by atoms with van der Waals surface area (Å²) in [5.74, 6) is -0.192. The van der Waals surface area contributed by atoms with Crippen LogP contribution in [0.25, 0.3) is 0 Å². The number of hydrogen-bond acceptors (Lipinski definition) is 2. The van der Waals surface area contributed by atoms with E-state index in [1.807, 2.05) is 12.1 Å². The van der Waals surface area contributed by atoms with Crippen molar-refractivity contribution >= 4 is 15.9 Å². The zero-order valence-electron chi connectivity index (χ0n) is 11.0. The Morgan fingerprint density at radius 1 is 1.39 bits per heavy atom. The van der Waals surface area contributed by atoms with Crippen molar-refractivity contribution in [2.45, 2.75) is 25.9 Å². The molecule has 1 aromatic rings. The fourth-order valence-electron chi connectivity index (χ4n) is 2.53. The van der Waals surface area contributed by atoms with Crippen molar-refractivity contribution in [1.82, 2.24) is 9.80 Å². The predicted octanol–water partition coefficient (Wildman–Crippen LogP) is 3.11. The maximum atomic E-state index is 13.2. The summed E-state index contributed by atoms with van der Waals surface area (Å²) in [7, 11) is 2.18. The van der Waals surface area contributed by atoms with Crippen LogP contribution in [-0.4, -0.2) is 42.5 Å². The van der Waals surface area contributed by atoms with Gasteiger partial charge in [0.1, 0.15) is 5.82 Å². The van der Waals surface area contributed by atoms with Crippen LogP contribution in [0.4, 0.5) is 4.39 Å². The molecule has 0 aromatic heterocycles. The molecule has 1 saturated heterocycles. The average Bonchev–Trinajstić information content (AvgIpc) is 2.46. The minimum atomic E-state index is -0.192. The summed E-state index contributed by atoms with van der Waals surface area (Å²) >= 11 is 3.25. The molecule has 4 heteroatoms. The largest absolute Gasteiger partial charge is 0.305 e. The number of nitrogens with zero attached hydrogens (tertiary/aromatic N) is 2. The Hall–Kier alpha value is -0.450. The van der Waals surface area contributed by atoms with E-state index in [2.05, 4.69) is 39.7 Å². The summed E-state index contributed by atoms with van der Waals surface area (Å²) in [6.07, 6.45) is 1.20. The molecule has 1 aliphatic rings. The van der Waals surface area contributed by atoms with E-state index in [1.54, 1.807) is 0 Å². The molecule has 0 N–H and O–H groups in total. The second kappa shape index (κ2) is 6.13. The predicted molar refractivity (Wildman–Crippen MR) is 76.1 cm³/mol. The highest BCUT2D eigenvalue weighted by atomic mass is 79.9. The van der Waals surface area contributed by atoms with E-state index in [4.69, 9.17) is 0 Å². The van der Waals surface area contributed by atoms with Crippen LogP contribution >= 0.6 is 15.9 Å². The Bertz CT molecular complexity index is 411. The molecule has 0 saturated carbocycles. The van der Waals surface area contributed by atoms with E-state index in [9.17, 15) is 4.39 Å². The van der Waals surface area contributed by atoms with E-state index in [0.29, 0.717) is 10.5 Å². The molecule has 18 heavy (non-hydrogen) atoms. The summed E-state index contributed by atoms with van der Waals surface area (Å²) < 4.78 is 13.8. The average molecular weight is 315 g/mol. The molecule has 2 rings (SSSR count). The molecule has 0 spiro atoms. The van der Waals surface area contributed by atoms with Gasteiger partial charge in [0.2, 0.25) is 0 Å². The van der Waals surface area contributed by atoms with Crippen LogP contribution in [-0.2, 0) is 6.54 Å². The molecule has 0 amide bonds. The lowest BCUT2D eigenvalue weighted by atomic mass is 10.1. The monoisotopic (exact) mass is 314 g/mol. The molecule has 1 atom stereocenters. The van der Waals surface area contributed by atoms with Gasteiger partial charge in [-0.15, -0.1) is 0 Å². The number of benzene rings is 1. The summed E-state index contributed by atoms with van der Waals surface area (Å²) in [4.78, 5) is 4.86. The van der Waals surface area contributed by atoms with Crippen molar-refractivity contribution < 1.29 is 4.39 Å². The van der Waals surface area contributed by atoms with Crippen LogP contribution in [0.1, 0.15) is 18.9 Å². The highest BCUT2D eigenvalue weighted by molar-refractivity contribution is 9.10. The molecule has 0 radical (unpaired) electrons. The third kappa shape index (κ3) is 3.53. The molecule has 1 unspecified atom stereocenters. The molecule has 100 valence electrons. The third-order valence-electron chi connectivity index (χ3n) is 3.55. The summed E-state index contributed by atoms with van der Waals surface area (Å²) in [5, 5.41) is 0. The number of halogens is 2. The van der Waals surface area contributed by atoms with Crippen molar-refractivity contribution in [3.05, 3.63) is 34.1 Å². The van der Waals surface area contributed by atoms with Gasteiger partial charge in [-0.1, -0.05) is 6.07 Å². The van der Waals surface area contributed by atoms with Crippen molar-refractivity contribution in [2.75, 3.05) is 26.7 Å². The lowest BCUT2D eigenvalue weighted by molar-refractivity contribution is 0.194. The van der Waals surface area contributed by atoms with Gasteiger partial charge in [0.25, 0.3) is 0 Å². The van der Waals surface area contributed by atoms with Gasteiger partial charge in [-0.25, -0.2) is 4.39 Å². The van der Waals surface area contributed by atoms with Crippen molar-refractivity contribution in [2.24, 2.45) is 0 Å². The second-order valence-electron chi connectivity index (χ2n) is 5.18. The van der Waals surface area contributed by atoms with Gasteiger partial charge in [-0.3, -0.25) is 4.90 Å². The van der Waals surface area contributed by atoms with E-state index >= 15 is 0 Å². The van der Waals surface area contributed by atoms with Crippen molar-refractivity contribution in [1.29, 1.82) is 0 Å². The van der Waals surface area contributed by atoms with Crippen molar-refractivity contribution in [3.8, 4) is 0 Å². The Morgan fingerprint density at radius 2 is 2.17 bits per heavy atom. The molecule has 0 bridgehead atoms. The fourth-order valence-corrected chi connectivity index (χ4v) is 2.96. The van der Waals surface area contributed by atoms with Gasteiger partial charge in [0.15, 0.2) is 0 Å². The molecule has 0 aliphatic carbocycles. The highest BCUT2D eigenvalue weighted by Gasteiger charge is 2.19. The lowest BCUT2D eigenvalue weighted by Gasteiger charge is -2.28. The van der Waals surface area contributed by atoms with Gasteiger partial charge >= 0.3 is 0 Å². The topological polar surface area (TPSA) is 6.48 Å². The molecule has 1 aromatic carbocycles. The van der Waals surface area contributed by atoms with Crippen LogP contribution in [0.2, 0.25) is 0 Å².